The predicted octanol–water partition coefficient (Wildman–Crippen LogP) is 2.80. The van der Waals surface area contributed by atoms with Crippen molar-refractivity contribution >= 4 is 11.7 Å². The molecule has 0 aliphatic carbocycles. The molecule has 0 atom stereocenters. The Balaban J connectivity index is 3.39. The number of carbonyl (C=O) groups excluding carboxylic acids is 1. The Hall–Kier alpha value is -2.48. The topological polar surface area (TPSA) is 56.4 Å². The lowest BCUT2D eigenvalue weighted by Gasteiger charge is -2.38. The summed E-state index contributed by atoms with van der Waals surface area (Å²) in [6.07, 6.45) is -6.20. The second-order valence-electron chi connectivity index (χ2n) is 5.22. The fourth-order valence-electron chi connectivity index (χ4n) is 1.59. The summed E-state index contributed by atoms with van der Waals surface area (Å²) < 4.78 is 141. The molecule has 0 N–H and O–H groups in total. The second-order valence-corrected chi connectivity index (χ2v) is 5.22. The molecule has 28 heavy (non-hydrogen) atoms. The number of aromatic nitrogens is 1. The van der Waals surface area contributed by atoms with Crippen LogP contribution in [0.2, 0.25) is 0 Å². The first-order valence-electron chi connectivity index (χ1n) is 6.67. The van der Waals surface area contributed by atoms with Crippen LogP contribution in [-0.4, -0.2) is 41.5 Å². The molecule has 0 unspecified atom stereocenters. The molecule has 0 amide bonds. The van der Waals surface area contributed by atoms with Crippen LogP contribution in [0.4, 0.5) is 48.3 Å². The van der Waals surface area contributed by atoms with E-state index in [9.17, 15) is 58.2 Å². The van der Waals surface area contributed by atoms with Crippen LogP contribution in [-0.2, 0) is 0 Å². The number of nitrogens with zero attached hydrogens (tertiary/aromatic N) is 2. The van der Waals surface area contributed by atoms with Gasteiger partial charge in [-0.3, -0.25) is 4.79 Å². The maximum atomic E-state index is 13.5. The Morgan fingerprint density at radius 2 is 1.29 bits per heavy atom. The van der Waals surface area contributed by atoms with Crippen LogP contribution in [0.3, 0.4) is 0 Å². The number of Topliss-reactive ketones (excluding diaryl/α,β-unsaturated/α-hetero) is 1. The number of halogens is 11. The van der Waals surface area contributed by atoms with Crippen LogP contribution < -0.4 is 9.78 Å². The minimum Gasteiger partial charge on any atom is -0.853 e. The first kappa shape index (κ1) is 23.6. The van der Waals surface area contributed by atoms with Crippen molar-refractivity contribution in [3.05, 3.63) is 30.1 Å². The molecule has 0 aliphatic rings. The molecule has 0 saturated carbocycles. The third-order valence-corrected chi connectivity index (χ3v) is 3.23. The third-order valence-electron chi connectivity index (χ3n) is 3.23. The molecule has 0 radical (unpaired) electrons. The van der Waals surface area contributed by atoms with Gasteiger partial charge >= 0.3 is 29.9 Å². The molecule has 15 heteroatoms. The van der Waals surface area contributed by atoms with Crippen LogP contribution in [0, 0.1) is 0 Å². The Bertz CT molecular complexity index is 770. The first-order valence-corrected chi connectivity index (χ1v) is 6.67. The van der Waals surface area contributed by atoms with Gasteiger partial charge in [-0.2, -0.15) is 48.3 Å². The van der Waals surface area contributed by atoms with Crippen LogP contribution in [0.15, 0.2) is 29.6 Å². The zero-order valence-electron chi connectivity index (χ0n) is 13.2. The molecule has 1 heterocycles. The Kier molecular flexibility index (Phi) is 5.76. The maximum absolute atomic E-state index is 13.5. The number of hydrogen-bond donors (Lipinski definition) is 0. The van der Waals surface area contributed by atoms with Crippen LogP contribution in [0.25, 0.3) is 0 Å². The average Bonchev–Trinajstić information content (AvgIpc) is 2.53. The van der Waals surface area contributed by atoms with E-state index < -0.39 is 41.5 Å². The van der Waals surface area contributed by atoms with E-state index in [2.05, 4.69) is 5.10 Å². The maximum Gasteiger partial charge on any atom is 0.460 e. The summed E-state index contributed by atoms with van der Waals surface area (Å²) >= 11 is 0. The number of alkyl halides is 11. The van der Waals surface area contributed by atoms with Gasteiger partial charge in [0.2, 0.25) is 12.4 Å². The molecule has 1 aromatic heterocycles. The highest BCUT2D eigenvalue weighted by molar-refractivity contribution is 5.93. The molecule has 0 aromatic carbocycles. The van der Waals surface area contributed by atoms with E-state index in [0.717, 1.165) is 19.1 Å². The Morgan fingerprint density at radius 1 is 0.857 bits per heavy atom. The van der Waals surface area contributed by atoms with Gasteiger partial charge in [-0.05, 0) is 12.0 Å². The van der Waals surface area contributed by atoms with E-state index in [1.165, 1.54) is 0 Å². The molecule has 0 spiro atoms. The molecule has 0 aliphatic heterocycles. The lowest BCUT2D eigenvalue weighted by molar-refractivity contribution is -0.682. The van der Waals surface area contributed by atoms with Crippen molar-refractivity contribution in [2.75, 3.05) is 0 Å². The van der Waals surface area contributed by atoms with Crippen molar-refractivity contribution in [1.82, 2.24) is 0 Å². The zero-order valence-corrected chi connectivity index (χ0v) is 13.2. The predicted molar refractivity (Wildman–Crippen MR) is 65.3 cm³/mol. The van der Waals surface area contributed by atoms with E-state index in [1.807, 2.05) is 0 Å². The molecule has 0 saturated heterocycles. The van der Waals surface area contributed by atoms with Crippen LogP contribution in [0.1, 0.15) is 17.3 Å². The van der Waals surface area contributed by atoms with Crippen molar-refractivity contribution in [1.29, 1.82) is 0 Å². The third kappa shape index (κ3) is 3.61. The largest absolute Gasteiger partial charge is 0.853 e. The summed E-state index contributed by atoms with van der Waals surface area (Å²) in [5.41, 5.74) is -0.0765. The highest BCUT2D eigenvalue weighted by atomic mass is 19.4. The van der Waals surface area contributed by atoms with Gasteiger partial charge in [0, 0.05) is 17.7 Å². The standard InChI is InChI=1S/C13H7F11N2O2/c1-6(27)7-2-4-26(5-3-7)25-8(28)9(14,15)10(16,17)11(18,19)12(20,21)13(22,23)24/h2-5H,1H3. The molecule has 1 rings (SSSR count). The van der Waals surface area contributed by atoms with Gasteiger partial charge in [0.1, 0.15) is 5.90 Å². The molecule has 1 aromatic rings. The Labute approximate surface area is 147 Å². The van der Waals surface area contributed by atoms with Gasteiger partial charge in [0.25, 0.3) is 0 Å². The minimum atomic E-state index is -7.70. The van der Waals surface area contributed by atoms with E-state index in [4.69, 9.17) is 0 Å². The number of rotatable bonds is 6. The minimum absolute atomic E-state index is 0.0266. The summed E-state index contributed by atoms with van der Waals surface area (Å²) in [6, 6.07) is 1.67. The summed E-state index contributed by atoms with van der Waals surface area (Å²) in [5.74, 6) is -33.5. The fraction of sp³-hybridized carbons (Fsp3) is 0.462. The monoisotopic (exact) mass is 432 g/mol. The fourth-order valence-corrected chi connectivity index (χ4v) is 1.59. The van der Waals surface area contributed by atoms with Crippen LogP contribution in [0.5, 0.6) is 0 Å². The SMILES string of the molecule is CC(=O)c1cc[n+](/N=C(\[O-])C(F)(F)C(F)(F)C(F)(F)C(F)(F)C(F)(F)F)cc1. The summed E-state index contributed by atoms with van der Waals surface area (Å²) in [5, 5.41) is 13.4. The number of carbonyl (C=O) groups is 1. The average molecular weight is 432 g/mol. The molecule has 0 bridgehead atoms. The van der Waals surface area contributed by atoms with E-state index in [0.29, 0.717) is 12.4 Å². The van der Waals surface area contributed by atoms with Crippen molar-refractivity contribution in [3.63, 3.8) is 0 Å². The van der Waals surface area contributed by atoms with Gasteiger partial charge in [-0.1, -0.05) is 4.68 Å². The summed E-state index contributed by atoms with van der Waals surface area (Å²) in [7, 11) is 0. The van der Waals surface area contributed by atoms with Crippen LogP contribution >= 0.6 is 0 Å². The van der Waals surface area contributed by atoms with Crippen molar-refractivity contribution in [2.24, 2.45) is 5.10 Å². The lowest BCUT2D eigenvalue weighted by atomic mass is 9.98. The normalized spacial score (nSPS) is 14.9. The van der Waals surface area contributed by atoms with Gasteiger partial charge in [-0.25, -0.2) is 0 Å². The highest BCUT2D eigenvalue weighted by Crippen LogP contribution is 2.57. The smallest absolute Gasteiger partial charge is 0.460 e. The van der Waals surface area contributed by atoms with E-state index in [-0.39, 0.29) is 10.2 Å². The lowest BCUT2D eigenvalue weighted by Crippen LogP contribution is -2.69. The molecule has 4 nitrogen and oxygen atoms in total. The summed E-state index contributed by atoms with van der Waals surface area (Å²) in [6.45, 7) is 1.06. The number of pyridine rings is 1. The van der Waals surface area contributed by atoms with E-state index >= 15 is 0 Å². The van der Waals surface area contributed by atoms with Gasteiger partial charge < -0.3 is 5.11 Å². The first-order chi connectivity index (χ1) is 12.3. The highest BCUT2D eigenvalue weighted by Gasteiger charge is 2.87. The van der Waals surface area contributed by atoms with Gasteiger partial charge in [0.15, 0.2) is 5.78 Å². The van der Waals surface area contributed by atoms with Crippen molar-refractivity contribution in [3.8, 4) is 0 Å². The quantitative estimate of drug-likeness (QED) is 0.228. The molecular formula is C13H7F11N2O2. The van der Waals surface area contributed by atoms with Crippen molar-refractivity contribution in [2.45, 2.75) is 36.8 Å². The zero-order chi connectivity index (χ0) is 22.3. The molecule has 158 valence electrons. The van der Waals surface area contributed by atoms with Crippen molar-refractivity contribution < 1.29 is 62.9 Å². The summed E-state index contributed by atoms with van der Waals surface area (Å²) in [4.78, 5) is 11.0. The number of ketones is 1. The number of hydrogen-bond acceptors (Lipinski definition) is 3. The Morgan fingerprint density at radius 3 is 1.64 bits per heavy atom. The van der Waals surface area contributed by atoms with E-state index in [1.54, 1.807) is 0 Å². The molecular weight excluding hydrogens is 425 g/mol. The molecule has 0 fully saturated rings. The second kappa shape index (κ2) is 6.84. The van der Waals surface area contributed by atoms with Gasteiger partial charge in [0.05, 0.1) is 0 Å². The van der Waals surface area contributed by atoms with Gasteiger partial charge in [-0.15, -0.1) is 0 Å².